The summed E-state index contributed by atoms with van der Waals surface area (Å²) in [6, 6.07) is 3.79. The fourth-order valence-electron chi connectivity index (χ4n) is 1.64. The van der Waals surface area contributed by atoms with Crippen molar-refractivity contribution < 1.29 is 4.42 Å². The third-order valence-electron chi connectivity index (χ3n) is 2.38. The first kappa shape index (κ1) is 11.9. The summed E-state index contributed by atoms with van der Waals surface area (Å²) in [6.07, 6.45) is 1.78. The van der Waals surface area contributed by atoms with E-state index in [9.17, 15) is 0 Å². The molecule has 0 aliphatic heterocycles. The van der Waals surface area contributed by atoms with E-state index in [2.05, 4.69) is 42.3 Å². The zero-order chi connectivity index (χ0) is 11.7. The van der Waals surface area contributed by atoms with Gasteiger partial charge in [0.2, 0.25) is 0 Å². The van der Waals surface area contributed by atoms with Crippen molar-refractivity contribution in [3.05, 3.63) is 38.9 Å². The van der Waals surface area contributed by atoms with Gasteiger partial charge in [-0.25, -0.2) is 0 Å². The van der Waals surface area contributed by atoms with Crippen LogP contribution in [0.4, 0.5) is 0 Å². The molecule has 0 radical (unpaired) electrons. The minimum atomic E-state index is -0.0202. The molecule has 6 heteroatoms. The molecule has 0 aliphatic carbocycles. The van der Waals surface area contributed by atoms with Crippen LogP contribution in [0.1, 0.15) is 17.5 Å². The maximum Gasteiger partial charge on any atom is 0.169 e. The molecule has 0 bridgehead atoms. The first-order valence-electron chi connectivity index (χ1n) is 4.73. The molecule has 0 aliphatic rings. The molecule has 2 aromatic heterocycles. The fourth-order valence-corrected chi connectivity index (χ4v) is 2.54. The van der Waals surface area contributed by atoms with Crippen LogP contribution in [0, 0.1) is 0 Å². The van der Waals surface area contributed by atoms with E-state index in [1.165, 1.54) is 0 Å². The lowest BCUT2D eigenvalue weighted by Gasteiger charge is -2.14. The van der Waals surface area contributed by atoms with Gasteiger partial charge in [-0.1, -0.05) is 0 Å². The summed E-state index contributed by atoms with van der Waals surface area (Å²) in [5, 5.41) is 7.40. The van der Waals surface area contributed by atoms with Crippen LogP contribution in [0.3, 0.4) is 0 Å². The van der Waals surface area contributed by atoms with Gasteiger partial charge in [0.15, 0.2) is 4.67 Å². The Balaban J connectivity index is 2.44. The Morgan fingerprint density at radius 3 is 2.62 bits per heavy atom. The van der Waals surface area contributed by atoms with Gasteiger partial charge in [0.1, 0.15) is 11.8 Å². The van der Waals surface area contributed by atoms with Crippen molar-refractivity contribution in [1.82, 2.24) is 15.1 Å². The highest BCUT2D eigenvalue weighted by Gasteiger charge is 2.21. The van der Waals surface area contributed by atoms with Gasteiger partial charge in [0.05, 0.1) is 16.4 Å². The van der Waals surface area contributed by atoms with Gasteiger partial charge in [-0.15, -0.1) is 0 Å². The third-order valence-corrected chi connectivity index (χ3v) is 3.42. The molecular weight excluding hydrogens is 338 g/mol. The first-order valence-corrected chi connectivity index (χ1v) is 6.32. The molecule has 0 saturated heterocycles. The highest BCUT2D eigenvalue weighted by Crippen LogP contribution is 2.29. The van der Waals surface area contributed by atoms with Gasteiger partial charge in [-0.2, -0.15) is 5.10 Å². The van der Waals surface area contributed by atoms with Crippen LogP contribution in [-0.4, -0.2) is 16.8 Å². The first-order chi connectivity index (χ1) is 7.63. The summed E-state index contributed by atoms with van der Waals surface area (Å²) in [6.45, 7) is 0. The molecule has 1 N–H and O–H groups in total. The number of rotatable bonds is 3. The topological polar surface area (TPSA) is 43.0 Å². The molecule has 2 heterocycles. The number of aromatic nitrogens is 2. The van der Waals surface area contributed by atoms with E-state index in [0.29, 0.717) is 0 Å². The van der Waals surface area contributed by atoms with Crippen molar-refractivity contribution in [2.45, 2.75) is 6.04 Å². The lowest BCUT2D eigenvalue weighted by Crippen LogP contribution is -2.20. The maximum absolute atomic E-state index is 5.56. The Kier molecular flexibility index (Phi) is 3.51. The Morgan fingerprint density at radius 2 is 2.19 bits per heavy atom. The molecule has 2 aromatic rings. The highest BCUT2D eigenvalue weighted by atomic mass is 79.9. The molecule has 2 rings (SSSR count). The molecule has 16 heavy (non-hydrogen) atoms. The third kappa shape index (κ3) is 2.09. The van der Waals surface area contributed by atoms with E-state index in [1.54, 1.807) is 6.20 Å². The standard InChI is InChI=1S/C10H11Br2N3O/c1-13-9(7-3-4-8(12)16-7)10-6(11)5-14-15(10)2/h3-5,9,13H,1-2H3. The number of hydrogen-bond donors (Lipinski definition) is 1. The molecule has 1 unspecified atom stereocenters. The SMILES string of the molecule is CNC(c1ccc(Br)o1)c1c(Br)cnn1C. The number of furan rings is 1. The van der Waals surface area contributed by atoms with Crippen molar-refractivity contribution in [3.63, 3.8) is 0 Å². The van der Waals surface area contributed by atoms with E-state index in [0.717, 1.165) is 20.6 Å². The normalized spacial score (nSPS) is 13.0. The van der Waals surface area contributed by atoms with E-state index in [-0.39, 0.29) is 6.04 Å². The quantitative estimate of drug-likeness (QED) is 0.927. The smallest absolute Gasteiger partial charge is 0.169 e. The zero-order valence-corrected chi connectivity index (χ0v) is 12.0. The Labute approximate surface area is 110 Å². The van der Waals surface area contributed by atoms with Crippen molar-refractivity contribution in [2.24, 2.45) is 7.05 Å². The van der Waals surface area contributed by atoms with Gasteiger partial charge in [-0.05, 0) is 51.0 Å². The largest absolute Gasteiger partial charge is 0.452 e. The second-order valence-electron chi connectivity index (χ2n) is 3.36. The second-order valence-corrected chi connectivity index (χ2v) is 5.00. The highest BCUT2D eigenvalue weighted by molar-refractivity contribution is 9.10. The van der Waals surface area contributed by atoms with Crippen LogP contribution in [0.25, 0.3) is 0 Å². The summed E-state index contributed by atoms with van der Waals surface area (Å²) in [5.74, 6) is 0.846. The van der Waals surface area contributed by atoms with Crippen molar-refractivity contribution >= 4 is 31.9 Å². The number of hydrogen-bond acceptors (Lipinski definition) is 3. The minimum absolute atomic E-state index is 0.0202. The molecule has 4 nitrogen and oxygen atoms in total. The molecule has 0 amide bonds. The van der Waals surface area contributed by atoms with Crippen molar-refractivity contribution in [3.8, 4) is 0 Å². The van der Waals surface area contributed by atoms with Gasteiger partial charge < -0.3 is 9.73 Å². The molecule has 0 saturated carbocycles. The van der Waals surface area contributed by atoms with Gasteiger partial charge >= 0.3 is 0 Å². The second kappa shape index (κ2) is 4.73. The van der Waals surface area contributed by atoms with Crippen molar-refractivity contribution in [1.29, 1.82) is 0 Å². The summed E-state index contributed by atoms with van der Waals surface area (Å²) < 4.78 is 9.07. The van der Waals surface area contributed by atoms with Crippen LogP contribution in [-0.2, 0) is 7.05 Å². The van der Waals surface area contributed by atoms with Crippen molar-refractivity contribution in [2.75, 3.05) is 7.05 Å². The molecule has 0 aromatic carbocycles. The predicted octanol–water partition coefficient (Wildman–Crippen LogP) is 2.85. The van der Waals surface area contributed by atoms with Crippen LogP contribution in [0.5, 0.6) is 0 Å². The number of nitrogens with one attached hydrogen (secondary N) is 1. The number of aryl methyl sites for hydroxylation is 1. The van der Waals surface area contributed by atoms with Gasteiger partial charge in [-0.3, -0.25) is 4.68 Å². The number of nitrogens with zero attached hydrogens (tertiary/aromatic N) is 2. The number of halogens is 2. The maximum atomic E-state index is 5.56. The average Bonchev–Trinajstić information content (AvgIpc) is 2.80. The zero-order valence-electron chi connectivity index (χ0n) is 8.87. The molecule has 0 fully saturated rings. The van der Waals surface area contributed by atoms with E-state index < -0.39 is 0 Å². The van der Waals surface area contributed by atoms with Crippen LogP contribution in [0.15, 0.2) is 31.9 Å². The van der Waals surface area contributed by atoms with Crippen LogP contribution < -0.4 is 5.32 Å². The van der Waals surface area contributed by atoms with Gasteiger partial charge in [0, 0.05) is 7.05 Å². The summed E-state index contributed by atoms with van der Waals surface area (Å²) in [7, 11) is 3.79. The summed E-state index contributed by atoms with van der Waals surface area (Å²) >= 11 is 6.79. The van der Waals surface area contributed by atoms with Crippen LogP contribution >= 0.6 is 31.9 Å². The fraction of sp³-hybridized carbons (Fsp3) is 0.300. The van der Waals surface area contributed by atoms with E-state index in [1.807, 2.05) is 30.9 Å². The lowest BCUT2D eigenvalue weighted by atomic mass is 10.1. The Bertz CT molecular complexity index is 472. The molecule has 0 spiro atoms. The molecule has 86 valence electrons. The van der Waals surface area contributed by atoms with Crippen LogP contribution in [0.2, 0.25) is 0 Å². The average molecular weight is 349 g/mol. The van der Waals surface area contributed by atoms with E-state index in [4.69, 9.17) is 4.42 Å². The predicted molar refractivity (Wildman–Crippen MR) is 68.2 cm³/mol. The summed E-state index contributed by atoms with van der Waals surface area (Å²) in [5.41, 5.74) is 1.03. The molecule has 1 atom stereocenters. The monoisotopic (exact) mass is 347 g/mol. The van der Waals surface area contributed by atoms with E-state index >= 15 is 0 Å². The minimum Gasteiger partial charge on any atom is -0.452 e. The Hall–Kier alpha value is -0.590. The Morgan fingerprint density at radius 1 is 1.44 bits per heavy atom. The lowest BCUT2D eigenvalue weighted by molar-refractivity contribution is 0.434. The van der Waals surface area contributed by atoms with Gasteiger partial charge in [0.25, 0.3) is 0 Å². The summed E-state index contributed by atoms with van der Waals surface area (Å²) in [4.78, 5) is 0. The molecular formula is C10H11Br2N3O.